The Morgan fingerprint density at radius 2 is 2.05 bits per heavy atom. The molecule has 0 aliphatic carbocycles. The number of methoxy groups -OCH3 is 1. The van der Waals surface area contributed by atoms with Crippen molar-refractivity contribution >= 4 is 5.97 Å². The minimum atomic E-state index is -5.05. The summed E-state index contributed by atoms with van der Waals surface area (Å²) < 4.78 is 67.0. The average Bonchev–Trinajstić information content (AvgIpc) is 2.34. The molecule has 0 atom stereocenters. The number of hydrogen-bond donors (Lipinski definition) is 0. The van der Waals surface area contributed by atoms with E-state index in [0.29, 0.717) is 0 Å². The summed E-state index contributed by atoms with van der Waals surface area (Å²) >= 11 is 0. The van der Waals surface area contributed by atoms with Gasteiger partial charge in [-0.25, -0.2) is 18.6 Å². The SMILES string of the molecule is COC(=O)c1nc(C(F)(F)F)c(C#N)cc1C(F)F. The number of rotatable bonds is 2. The molecule has 0 aromatic carbocycles. The Morgan fingerprint density at radius 3 is 2.42 bits per heavy atom. The van der Waals surface area contributed by atoms with Crippen LogP contribution < -0.4 is 0 Å². The van der Waals surface area contributed by atoms with Crippen LogP contribution in [0.5, 0.6) is 0 Å². The van der Waals surface area contributed by atoms with E-state index in [1.807, 2.05) is 0 Å². The lowest BCUT2D eigenvalue weighted by Crippen LogP contribution is -2.17. The first-order valence-electron chi connectivity index (χ1n) is 4.61. The van der Waals surface area contributed by atoms with Gasteiger partial charge in [0.25, 0.3) is 6.43 Å². The lowest BCUT2D eigenvalue weighted by atomic mass is 10.1. The van der Waals surface area contributed by atoms with Gasteiger partial charge >= 0.3 is 12.1 Å². The van der Waals surface area contributed by atoms with Gasteiger partial charge in [-0.2, -0.15) is 18.4 Å². The van der Waals surface area contributed by atoms with Gasteiger partial charge in [-0.05, 0) is 6.07 Å². The van der Waals surface area contributed by atoms with E-state index in [1.165, 1.54) is 0 Å². The molecule has 0 N–H and O–H groups in total. The molecule has 0 aliphatic heterocycles. The third kappa shape index (κ3) is 2.96. The zero-order valence-corrected chi connectivity index (χ0v) is 9.26. The molecule has 0 radical (unpaired) electrons. The van der Waals surface area contributed by atoms with Crippen LogP contribution in [-0.2, 0) is 10.9 Å². The Bertz CT molecular complexity index is 548. The first-order valence-corrected chi connectivity index (χ1v) is 4.61. The van der Waals surface area contributed by atoms with Crippen LogP contribution in [-0.4, -0.2) is 18.1 Å². The van der Waals surface area contributed by atoms with E-state index in [1.54, 1.807) is 0 Å². The number of ether oxygens (including phenoxy) is 1. The van der Waals surface area contributed by atoms with Crippen molar-refractivity contribution < 1.29 is 31.5 Å². The second kappa shape index (κ2) is 5.17. The van der Waals surface area contributed by atoms with Crippen molar-refractivity contribution in [2.24, 2.45) is 0 Å². The Labute approximate surface area is 103 Å². The van der Waals surface area contributed by atoms with Crippen molar-refractivity contribution in [2.45, 2.75) is 12.6 Å². The molecule has 4 nitrogen and oxygen atoms in total. The summed E-state index contributed by atoms with van der Waals surface area (Å²) in [6.07, 6.45) is -8.31. The summed E-state index contributed by atoms with van der Waals surface area (Å²) in [6.45, 7) is 0. The van der Waals surface area contributed by atoms with Crippen LogP contribution in [0.2, 0.25) is 0 Å². The standard InChI is InChI=1S/C10H5F5N2O2/c1-19-9(18)6-5(8(11)12)2-4(3-16)7(17-6)10(13,14)15/h2,8H,1H3. The molecule has 0 amide bonds. The Hall–Kier alpha value is -2.24. The molecule has 0 aliphatic rings. The highest BCUT2D eigenvalue weighted by molar-refractivity contribution is 5.89. The van der Waals surface area contributed by atoms with Crippen molar-refractivity contribution in [1.82, 2.24) is 4.98 Å². The number of carbonyl (C=O) groups is 1. The molecule has 0 unspecified atom stereocenters. The van der Waals surface area contributed by atoms with Crippen LogP contribution in [0.3, 0.4) is 0 Å². The number of nitrogens with zero attached hydrogens (tertiary/aromatic N) is 2. The minimum absolute atomic E-state index is 0.284. The van der Waals surface area contributed by atoms with Crippen LogP contribution in [0, 0.1) is 11.3 Å². The molecule has 0 spiro atoms. The largest absolute Gasteiger partial charge is 0.464 e. The molecule has 0 saturated heterocycles. The lowest BCUT2D eigenvalue weighted by molar-refractivity contribution is -0.141. The summed E-state index contributed by atoms with van der Waals surface area (Å²) in [5.74, 6) is -1.44. The third-order valence-corrected chi connectivity index (χ3v) is 2.05. The summed E-state index contributed by atoms with van der Waals surface area (Å²) in [7, 11) is 0.810. The van der Waals surface area contributed by atoms with Crippen LogP contribution >= 0.6 is 0 Å². The smallest absolute Gasteiger partial charge is 0.434 e. The van der Waals surface area contributed by atoms with E-state index in [4.69, 9.17) is 5.26 Å². The first-order chi connectivity index (χ1) is 8.72. The second-order valence-corrected chi connectivity index (χ2v) is 3.22. The molecular formula is C10H5F5N2O2. The van der Waals surface area contributed by atoms with E-state index in [9.17, 15) is 26.7 Å². The van der Waals surface area contributed by atoms with Gasteiger partial charge in [-0.1, -0.05) is 0 Å². The quantitative estimate of drug-likeness (QED) is 0.617. The predicted molar refractivity (Wildman–Crippen MR) is 50.3 cm³/mol. The Morgan fingerprint density at radius 1 is 1.47 bits per heavy atom. The summed E-state index contributed by atoms with van der Waals surface area (Å²) in [5.41, 5.74) is -5.05. The van der Waals surface area contributed by atoms with Gasteiger partial charge in [0.1, 0.15) is 6.07 Å². The number of alkyl halides is 5. The molecule has 1 heterocycles. The number of carbonyl (C=O) groups excluding carboxylic acids is 1. The molecule has 19 heavy (non-hydrogen) atoms. The number of halogens is 5. The van der Waals surface area contributed by atoms with Gasteiger partial charge in [-0.15, -0.1) is 0 Å². The van der Waals surface area contributed by atoms with E-state index in [0.717, 1.165) is 13.2 Å². The number of hydrogen-bond acceptors (Lipinski definition) is 4. The van der Waals surface area contributed by atoms with Crippen LogP contribution in [0.15, 0.2) is 6.07 Å². The van der Waals surface area contributed by atoms with Gasteiger partial charge in [0.05, 0.1) is 18.2 Å². The Balaban J connectivity index is 3.63. The first kappa shape index (κ1) is 14.8. The van der Waals surface area contributed by atoms with Gasteiger partial charge < -0.3 is 4.74 Å². The molecule has 1 aromatic heterocycles. The predicted octanol–water partition coefficient (Wildman–Crippen LogP) is 2.70. The molecule has 1 aromatic rings. The number of nitriles is 1. The summed E-state index contributed by atoms with van der Waals surface area (Å²) in [4.78, 5) is 14.0. The number of aromatic nitrogens is 1. The lowest BCUT2D eigenvalue weighted by Gasteiger charge is -2.12. The average molecular weight is 280 g/mol. The maximum atomic E-state index is 12.6. The van der Waals surface area contributed by atoms with Crippen LogP contribution in [0.4, 0.5) is 22.0 Å². The second-order valence-electron chi connectivity index (χ2n) is 3.22. The van der Waals surface area contributed by atoms with Crippen molar-refractivity contribution in [1.29, 1.82) is 5.26 Å². The molecule has 0 bridgehead atoms. The van der Waals surface area contributed by atoms with Crippen LogP contribution in [0.1, 0.15) is 33.7 Å². The molecule has 1 rings (SSSR count). The fourth-order valence-corrected chi connectivity index (χ4v) is 1.26. The highest BCUT2D eigenvalue weighted by Crippen LogP contribution is 2.33. The molecule has 0 fully saturated rings. The third-order valence-electron chi connectivity index (χ3n) is 2.05. The van der Waals surface area contributed by atoms with Gasteiger partial charge in [0.2, 0.25) is 0 Å². The molecular weight excluding hydrogens is 275 g/mol. The monoisotopic (exact) mass is 280 g/mol. The van der Waals surface area contributed by atoms with Gasteiger partial charge in [0.15, 0.2) is 11.4 Å². The van der Waals surface area contributed by atoms with Crippen molar-refractivity contribution in [3.8, 4) is 6.07 Å². The van der Waals surface area contributed by atoms with Crippen molar-refractivity contribution in [3.05, 3.63) is 28.6 Å². The zero-order valence-electron chi connectivity index (χ0n) is 9.26. The fraction of sp³-hybridized carbons (Fsp3) is 0.300. The van der Waals surface area contributed by atoms with Gasteiger partial charge in [0, 0.05) is 0 Å². The topological polar surface area (TPSA) is 63.0 Å². The zero-order chi connectivity index (χ0) is 14.8. The number of pyridine rings is 1. The molecule has 9 heteroatoms. The van der Waals surface area contributed by atoms with E-state index >= 15 is 0 Å². The normalized spacial score (nSPS) is 11.3. The van der Waals surface area contributed by atoms with Crippen molar-refractivity contribution in [3.63, 3.8) is 0 Å². The van der Waals surface area contributed by atoms with E-state index < -0.39 is 41.1 Å². The summed E-state index contributed by atoms with van der Waals surface area (Å²) in [6, 6.07) is 1.40. The Kier molecular flexibility index (Phi) is 4.04. The maximum absolute atomic E-state index is 12.6. The molecule has 102 valence electrons. The molecule has 0 saturated carbocycles. The minimum Gasteiger partial charge on any atom is -0.464 e. The van der Waals surface area contributed by atoms with E-state index in [2.05, 4.69) is 9.72 Å². The van der Waals surface area contributed by atoms with Crippen LogP contribution in [0.25, 0.3) is 0 Å². The van der Waals surface area contributed by atoms with Gasteiger partial charge in [-0.3, -0.25) is 0 Å². The fourth-order valence-electron chi connectivity index (χ4n) is 1.26. The highest BCUT2D eigenvalue weighted by Gasteiger charge is 2.38. The number of esters is 1. The maximum Gasteiger partial charge on any atom is 0.434 e. The van der Waals surface area contributed by atoms with Crippen molar-refractivity contribution in [2.75, 3.05) is 7.11 Å². The summed E-state index contributed by atoms with van der Waals surface area (Å²) in [5, 5.41) is 8.52. The highest BCUT2D eigenvalue weighted by atomic mass is 19.4. The van der Waals surface area contributed by atoms with E-state index in [-0.39, 0.29) is 6.07 Å².